The highest BCUT2D eigenvalue weighted by Crippen LogP contribution is 2.28. The van der Waals surface area contributed by atoms with Crippen molar-refractivity contribution in [3.05, 3.63) is 71.8 Å². The summed E-state index contributed by atoms with van der Waals surface area (Å²) >= 11 is 0. The third-order valence-corrected chi connectivity index (χ3v) is 6.05. The Morgan fingerprint density at radius 1 is 1.00 bits per heavy atom. The van der Waals surface area contributed by atoms with E-state index in [0.29, 0.717) is 42.5 Å². The maximum Gasteiger partial charge on any atom is 0.251 e. The van der Waals surface area contributed by atoms with E-state index in [1.54, 1.807) is 14.2 Å². The summed E-state index contributed by atoms with van der Waals surface area (Å²) in [6.45, 7) is 5.21. The molecule has 0 aliphatic carbocycles. The molecule has 1 amide bonds. The van der Waals surface area contributed by atoms with E-state index in [1.165, 1.54) is 0 Å². The smallest absolute Gasteiger partial charge is 0.251 e. The molecule has 1 aromatic heterocycles. The van der Waals surface area contributed by atoms with Crippen molar-refractivity contribution in [3.63, 3.8) is 0 Å². The van der Waals surface area contributed by atoms with Crippen molar-refractivity contribution in [3.8, 4) is 28.6 Å². The molecule has 0 bridgehead atoms. The van der Waals surface area contributed by atoms with Gasteiger partial charge in [0.2, 0.25) is 5.88 Å². The molecule has 190 valence electrons. The third-order valence-electron chi connectivity index (χ3n) is 6.05. The lowest BCUT2D eigenvalue weighted by Crippen LogP contribution is -2.41. The molecule has 0 spiro atoms. The Hall–Kier alpha value is -3.62. The minimum atomic E-state index is -0.0903. The van der Waals surface area contributed by atoms with Crippen LogP contribution in [-0.2, 0) is 11.2 Å². The zero-order valence-corrected chi connectivity index (χ0v) is 20.9. The van der Waals surface area contributed by atoms with Crippen molar-refractivity contribution >= 4 is 5.91 Å². The fourth-order valence-corrected chi connectivity index (χ4v) is 4.04. The summed E-state index contributed by atoms with van der Waals surface area (Å²) in [7, 11) is 3.24. The molecule has 0 saturated carbocycles. The molecule has 0 radical (unpaired) electrons. The first kappa shape index (κ1) is 25.5. The van der Waals surface area contributed by atoms with Crippen LogP contribution in [0.5, 0.6) is 17.4 Å². The third kappa shape index (κ3) is 6.96. The Balaban J connectivity index is 1.32. The summed E-state index contributed by atoms with van der Waals surface area (Å²) in [5, 5.41) is 3.01. The molecule has 2 aromatic carbocycles. The van der Waals surface area contributed by atoms with Crippen LogP contribution in [0.25, 0.3) is 11.3 Å². The number of methoxy groups -OCH3 is 2. The van der Waals surface area contributed by atoms with E-state index in [4.69, 9.17) is 18.9 Å². The van der Waals surface area contributed by atoms with Gasteiger partial charge < -0.3 is 24.3 Å². The Kier molecular flexibility index (Phi) is 9.13. The number of ether oxygens (including phenoxy) is 4. The first-order chi connectivity index (χ1) is 17.7. The lowest BCUT2D eigenvalue weighted by molar-refractivity contribution is 0.0383. The average molecular weight is 492 g/mol. The van der Waals surface area contributed by atoms with Crippen LogP contribution < -0.4 is 19.5 Å². The van der Waals surface area contributed by atoms with Crippen LogP contribution in [0.15, 0.2) is 60.7 Å². The number of pyridine rings is 1. The lowest BCUT2D eigenvalue weighted by atomic mass is 10.1. The van der Waals surface area contributed by atoms with Crippen molar-refractivity contribution in [2.45, 2.75) is 6.42 Å². The van der Waals surface area contributed by atoms with E-state index in [9.17, 15) is 4.79 Å². The Bertz CT molecular complexity index is 1150. The highest BCUT2D eigenvalue weighted by molar-refractivity contribution is 5.95. The molecule has 0 atom stereocenters. The number of benzene rings is 2. The predicted octanol–water partition coefficient (Wildman–Crippen LogP) is 3.45. The minimum absolute atomic E-state index is 0.0903. The average Bonchev–Trinajstić information content (AvgIpc) is 2.93. The van der Waals surface area contributed by atoms with Crippen LogP contribution in [0, 0.1) is 0 Å². The van der Waals surface area contributed by atoms with Gasteiger partial charge in [-0.3, -0.25) is 9.69 Å². The van der Waals surface area contributed by atoms with Gasteiger partial charge in [0.05, 0.1) is 39.7 Å². The molecule has 1 aliphatic heterocycles. The maximum atomic E-state index is 12.7. The first-order valence-corrected chi connectivity index (χ1v) is 12.2. The number of carbonyl (C=O) groups excluding carboxylic acids is 1. The quantitative estimate of drug-likeness (QED) is 0.440. The van der Waals surface area contributed by atoms with Gasteiger partial charge in [0, 0.05) is 49.8 Å². The number of aromatic nitrogens is 1. The fourth-order valence-electron chi connectivity index (χ4n) is 4.04. The molecule has 1 fully saturated rings. The summed E-state index contributed by atoms with van der Waals surface area (Å²) in [6, 6.07) is 19.0. The summed E-state index contributed by atoms with van der Waals surface area (Å²) < 4.78 is 21.9. The summed E-state index contributed by atoms with van der Waals surface area (Å²) in [5.41, 5.74) is 3.30. The first-order valence-electron chi connectivity index (χ1n) is 12.2. The summed E-state index contributed by atoms with van der Waals surface area (Å²) in [5.74, 6) is 1.84. The van der Waals surface area contributed by atoms with Crippen LogP contribution in [0.1, 0.15) is 15.9 Å². The Morgan fingerprint density at radius 2 is 1.81 bits per heavy atom. The summed E-state index contributed by atoms with van der Waals surface area (Å²) in [6.07, 6.45) is 0.701. The Labute approximate surface area is 212 Å². The molecule has 2 heterocycles. The normalized spacial score (nSPS) is 13.7. The van der Waals surface area contributed by atoms with E-state index >= 15 is 0 Å². The van der Waals surface area contributed by atoms with Crippen LogP contribution in [-0.4, -0.2) is 76.0 Å². The Morgan fingerprint density at radius 3 is 2.61 bits per heavy atom. The van der Waals surface area contributed by atoms with Gasteiger partial charge in [-0.05, 0) is 35.9 Å². The molecule has 1 N–H and O–H groups in total. The monoisotopic (exact) mass is 491 g/mol. The lowest BCUT2D eigenvalue weighted by Gasteiger charge is -2.26. The zero-order valence-electron chi connectivity index (χ0n) is 20.9. The molecule has 8 heteroatoms. The van der Waals surface area contributed by atoms with Crippen LogP contribution >= 0.6 is 0 Å². The number of nitrogens with zero attached hydrogens (tertiary/aromatic N) is 2. The number of rotatable bonds is 11. The van der Waals surface area contributed by atoms with Crippen molar-refractivity contribution < 1.29 is 23.7 Å². The molecule has 0 unspecified atom stereocenters. The second kappa shape index (κ2) is 12.9. The molecule has 36 heavy (non-hydrogen) atoms. The van der Waals surface area contributed by atoms with Gasteiger partial charge in [-0.25, -0.2) is 4.98 Å². The molecule has 8 nitrogen and oxygen atoms in total. The van der Waals surface area contributed by atoms with Crippen molar-refractivity contribution in [1.82, 2.24) is 15.2 Å². The van der Waals surface area contributed by atoms with Gasteiger partial charge in [0.1, 0.15) is 0 Å². The van der Waals surface area contributed by atoms with Crippen LogP contribution in [0.3, 0.4) is 0 Å². The molecule has 4 rings (SSSR count). The van der Waals surface area contributed by atoms with Crippen molar-refractivity contribution in [2.24, 2.45) is 0 Å². The van der Waals surface area contributed by atoms with Crippen molar-refractivity contribution in [2.75, 3.05) is 60.2 Å². The second-order valence-electron chi connectivity index (χ2n) is 8.44. The number of hydrogen-bond acceptors (Lipinski definition) is 7. The van der Waals surface area contributed by atoms with Gasteiger partial charge in [-0.2, -0.15) is 0 Å². The highest BCUT2D eigenvalue weighted by atomic mass is 16.5. The van der Waals surface area contributed by atoms with E-state index in [0.717, 1.165) is 49.7 Å². The number of hydrogen-bond donors (Lipinski definition) is 1. The van der Waals surface area contributed by atoms with Crippen LogP contribution in [0.2, 0.25) is 0 Å². The van der Waals surface area contributed by atoms with Gasteiger partial charge in [-0.1, -0.05) is 24.3 Å². The van der Waals surface area contributed by atoms with Gasteiger partial charge in [0.25, 0.3) is 5.91 Å². The second-order valence-corrected chi connectivity index (χ2v) is 8.44. The molecular formula is C28H33N3O5. The predicted molar refractivity (Wildman–Crippen MR) is 138 cm³/mol. The van der Waals surface area contributed by atoms with E-state index in [2.05, 4.69) is 15.2 Å². The molecule has 1 saturated heterocycles. The number of carbonyl (C=O) groups is 1. The zero-order chi connectivity index (χ0) is 25.2. The number of morpholine rings is 1. The molecular weight excluding hydrogens is 458 g/mol. The van der Waals surface area contributed by atoms with Gasteiger partial charge in [0.15, 0.2) is 11.5 Å². The largest absolute Gasteiger partial charge is 0.493 e. The van der Waals surface area contributed by atoms with Crippen LogP contribution in [0.4, 0.5) is 0 Å². The fraction of sp³-hybridized carbons (Fsp3) is 0.357. The maximum absolute atomic E-state index is 12.7. The summed E-state index contributed by atoms with van der Waals surface area (Å²) in [4.78, 5) is 19.6. The molecule has 1 aliphatic rings. The highest BCUT2D eigenvalue weighted by Gasteiger charge is 2.12. The number of nitrogens with one attached hydrogen (secondary N) is 1. The minimum Gasteiger partial charge on any atom is -0.493 e. The van der Waals surface area contributed by atoms with Gasteiger partial charge >= 0.3 is 0 Å². The molecule has 3 aromatic rings. The van der Waals surface area contributed by atoms with Gasteiger partial charge in [-0.15, -0.1) is 0 Å². The van der Waals surface area contributed by atoms with E-state index in [-0.39, 0.29) is 5.91 Å². The SMILES string of the molecule is COc1ccc(CCOc2cccc(-c3cccc(C(=O)NCCN4CCOCC4)c3)n2)cc1OC. The van der Waals surface area contributed by atoms with E-state index in [1.807, 2.05) is 60.7 Å². The standard InChI is InChI=1S/C28H33N3O5/c1-33-25-10-9-21(19-26(25)34-2)11-16-36-27-8-4-7-24(30-27)22-5-3-6-23(20-22)28(32)29-12-13-31-14-17-35-18-15-31/h3-10,19-20H,11-18H2,1-2H3,(H,29,32). The number of amides is 1. The van der Waals surface area contributed by atoms with E-state index < -0.39 is 0 Å². The van der Waals surface area contributed by atoms with Crippen molar-refractivity contribution in [1.29, 1.82) is 0 Å². The topological polar surface area (TPSA) is 82.2 Å².